The van der Waals surface area contributed by atoms with Crippen molar-refractivity contribution in [3.05, 3.63) is 44.3 Å². The van der Waals surface area contributed by atoms with Crippen molar-refractivity contribution in [3.8, 4) is 0 Å². The molecule has 0 spiro atoms. The molecule has 0 aliphatic carbocycles. The zero-order valence-electron chi connectivity index (χ0n) is 10.7. The number of anilines is 1. The SMILES string of the molecule is CC(N)c1nc(CC(=O)Nc2ccc(Cl)c(Cl)c2)cs1. The Kier molecular flexibility index (Phi) is 4.99. The Bertz CT molecular complexity index is 628. The number of rotatable bonds is 4. The molecule has 1 aromatic carbocycles. The van der Waals surface area contributed by atoms with Crippen LogP contribution in [-0.2, 0) is 11.2 Å². The zero-order chi connectivity index (χ0) is 14.7. The maximum absolute atomic E-state index is 11.9. The molecular formula is C13H13Cl2N3OS. The van der Waals surface area contributed by atoms with Crippen molar-refractivity contribution >= 4 is 46.1 Å². The summed E-state index contributed by atoms with van der Waals surface area (Å²) >= 11 is 13.2. The van der Waals surface area contributed by atoms with Crippen LogP contribution in [0, 0.1) is 0 Å². The summed E-state index contributed by atoms with van der Waals surface area (Å²) in [5, 5.41) is 6.26. The van der Waals surface area contributed by atoms with E-state index in [0.29, 0.717) is 21.4 Å². The van der Waals surface area contributed by atoms with Crippen LogP contribution >= 0.6 is 34.5 Å². The van der Waals surface area contributed by atoms with Gasteiger partial charge in [0.1, 0.15) is 5.01 Å². The summed E-state index contributed by atoms with van der Waals surface area (Å²) in [6.45, 7) is 1.86. The Morgan fingerprint density at radius 3 is 2.80 bits per heavy atom. The molecule has 0 fully saturated rings. The number of hydrogen-bond acceptors (Lipinski definition) is 4. The smallest absolute Gasteiger partial charge is 0.230 e. The van der Waals surface area contributed by atoms with Crippen LogP contribution in [-0.4, -0.2) is 10.9 Å². The minimum absolute atomic E-state index is 0.119. The quantitative estimate of drug-likeness (QED) is 0.899. The van der Waals surface area contributed by atoms with Gasteiger partial charge in [0.2, 0.25) is 5.91 Å². The molecule has 1 amide bonds. The molecule has 0 saturated carbocycles. The van der Waals surface area contributed by atoms with Gasteiger partial charge in [-0.1, -0.05) is 23.2 Å². The summed E-state index contributed by atoms with van der Waals surface area (Å²) in [4.78, 5) is 16.2. The molecular weight excluding hydrogens is 317 g/mol. The highest BCUT2D eigenvalue weighted by atomic mass is 35.5. The summed E-state index contributed by atoms with van der Waals surface area (Å²) in [6, 6.07) is 4.82. The van der Waals surface area contributed by atoms with Gasteiger partial charge in [-0.3, -0.25) is 4.79 Å². The Balaban J connectivity index is 1.99. The van der Waals surface area contributed by atoms with Crippen molar-refractivity contribution in [2.75, 3.05) is 5.32 Å². The lowest BCUT2D eigenvalue weighted by atomic mass is 10.3. The Morgan fingerprint density at radius 1 is 1.45 bits per heavy atom. The Hall–Kier alpha value is -1.14. The van der Waals surface area contributed by atoms with E-state index in [1.54, 1.807) is 18.2 Å². The lowest BCUT2D eigenvalue weighted by Gasteiger charge is -2.05. The molecule has 4 nitrogen and oxygen atoms in total. The second-order valence-corrected chi connectivity index (χ2v) is 6.02. The number of benzene rings is 1. The van der Waals surface area contributed by atoms with Gasteiger partial charge in [-0.15, -0.1) is 11.3 Å². The highest BCUT2D eigenvalue weighted by molar-refractivity contribution is 7.09. The number of aromatic nitrogens is 1. The minimum Gasteiger partial charge on any atom is -0.326 e. The summed E-state index contributed by atoms with van der Waals surface area (Å²) in [6.07, 6.45) is 0.198. The Labute approximate surface area is 130 Å². The van der Waals surface area contributed by atoms with Crippen molar-refractivity contribution in [3.63, 3.8) is 0 Å². The lowest BCUT2D eigenvalue weighted by Crippen LogP contribution is -2.15. The standard InChI is InChI=1S/C13H13Cl2N3OS/c1-7(16)13-18-9(6-20-13)5-12(19)17-8-2-3-10(14)11(15)4-8/h2-4,6-7H,5,16H2,1H3,(H,17,19). The van der Waals surface area contributed by atoms with Gasteiger partial charge in [-0.2, -0.15) is 0 Å². The van der Waals surface area contributed by atoms with E-state index in [-0.39, 0.29) is 18.4 Å². The normalized spacial score (nSPS) is 12.2. The first-order valence-electron chi connectivity index (χ1n) is 5.90. The topological polar surface area (TPSA) is 68.0 Å². The second kappa shape index (κ2) is 6.54. The van der Waals surface area contributed by atoms with Crippen LogP contribution in [0.15, 0.2) is 23.6 Å². The van der Waals surface area contributed by atoms with Gasteiger partial charge < -0.3 is 11.1 Å². The molecule has 20 heavy (non-hydrogen) atoms. The molecule has 2 aromatic rings. The average molecular weight is 330 g/mol. The van der Waals surface area contributed by atoms with Crippen molar-refractivity contribution < 1.29 is 4.79 Å². The van der Waals surface area contributed by atoms with Crippen LogP contribution in [0.1, 0.15) is 23.7 Å². The van der Waals surface area contributed by atoms with Crippen LogP contribution in [0.3, 0.4) is 0 Å². The number of halogens is 2. The molecule has 1 unspecified atom stereocenters. The predicted octanol–water partition coefficient (Wildman–Crippen LogP) is 3.65. The first-order valence-corrected chi connectivity index (χ1v) is 7.54. The van der Waals surface area contributed by atoms with Crippen LogP contribution < -0.4 is 11.1 Å². The van der Waals surface area contributed by atoms with E-state index < -0.39 is 0 Å². The third-order valence-corrected chi connectivity index (χ3v) is 4.34. The molecule has 0 aliphatic rings. The summed E-state index contributed by atoms with van der Waals surface area (Å²) < 4.78 is 0. The molecule has 7 heteroatoms. The molecule has 1 aromatic heterocycles. The van der Waals surface area contributed by atoms with Crippen molar-refractivity contribution in [1.29, 1.82) is 0 Å². The number of carbonyl (C=O) groups is 1. The van der Waals surface area contributed by atoms with Gasteiger partial charge in [0.25, 0.3) is 0 Å². The first kappa shape index (κ1) is 15.3. The summed E-state index contributed by atoms with van der Waals surface area (Å²) in [5.41, 5.74) is 7.04. The molecule has 106 valence electrons. The molecule has 0 saturated heterocycles. The van der Waals surface area contributed by atoms with E-state index in [4.69, 9.17) is 28.9 Å². The molecule has 1 atom stereocenters. The fraction of sp³-hybridized carbons (Fsp3) is 0.231. The number of thiazole rings is 1. The van der Waals surface area contributed by atoms with Crippen LogP contribution in [0.25, 0.3) is 0 Å². The van der Waals surface area contributed by atoms with Crippen LogP contribution in [0.2, 0.25) is 10.0 Å². The fourth-order valence-corrected chi connectivity index (χ4v) is 2.63. The van der Waals surface area contributed by atoms with Gasteiger partial charge in [0.05, 0.1) is 28.2 Å². The lowest BCUT2D eigenvalue weighted by molar-refractivity contribution is -0.115. The number of hydrogen-bond donors (Lipinski definition) is 2. The number of amides is 1. The third-order valence-electron chi connectivity index (χ3n) is 2.50. The maximum Gasteiger partial charge on any atom is 0.230 e. The highest BCUT2D eigenvalue weighted by Crippen LogP contribution is 2.25. The van der Waals surface area contributed by atoms with E-state index in [1.807, 2.05) is 12.3 Å². The van der Waals surface area contributed by atoms with Crippen molar-refractivity contribution in [2.45, 2.75) is 19.4 Å². The van der Waals surface area contributed by atoms with Crippen LogP contribution in [0.4, 0.5) is 5.69 Å². The number of carbonyl (C=O) groups excluding carboxylic acids is 1. The number of nitrogens with two attached hydrogens (primary N) is 1. The molecule has 0 aliphatic heterocycles. The van der Waals surface area contributed by atoms with Gasteiger partial charge in [-0.25, -0.2) is 4.98 Å². The average Bonchev–Trinajstić information content (AvgIpc) is 2.82. The zero-order valence-corrected chi connectivity index (χ0v) is 13.0. The number of nitrogens with zero attached hydrogens (tertiary/aromatic N) is 1. The van der Waals surface area contributed by atoms with E-state index in [1.165, 1.54) is 11.3 Å². The highest BCUT2D eigenvalue weighted by Gasteiger charge is 2.10. The number of nitrogens with one attached hydrogen (secondary N) is 1. The fourth-order valence-electron chi connectivity index (χ4n) is 1.56. The monoisotopic (exact) mass is 329 g/mol. The van der Waals surface area contributed by atoms with Crippen molar-refractivity contribution in [1.82, 2.24) is 4.98 Å². The molecule has 1 heterocycles. The largest absolute Gasteiger partial charge is 0.326 e. The molecule has 2 rings (SSSR count). The van der Waals surface area contributed by atoms with Gasteiger partial charge in [-0.05, 0) is 25.1 Å². The predicted molar refractivity (Wildman–Crippen MR) is 83.5 cm³/mol. The first-order chi connectivity index (χ1) is 9.45. The van der Waals surface area contributed by atoms with Crippen molar-refractivity contribution in [2.24, 2.45) is 5.73 Å². The second-order valence-electron chi connectivity index (χ2n) is 4.32. The molecule has 0 radical (unpaired) electrons. The van der Waals surface area contributed by atoms with Gasteiger partial charge >= 0.3 is 0 Å². The summed E-state index contributed by atoms with van der Waals surface area (Å²) in [5.74, 6) is -0.162. The van der Waals surface area contributed by atoms with E-state index in [0.717, 1.165) is 5.01 Å². The third kappa shape index (κ3) is 3.93. The van der Waals surface area contributed by atoms with E-state index in [2.05, 4.69) is 10.3 Å². The molecule has 3 N–H and O–H groups in total. The maximum atomic E-state index is 11.9. The van der Waals surface area contributed by atoms with Gasteiger partial charge in [0.15, 0.2) is 0 Å². The Morgan fingerprint density at radius 2 is 2.20 bits per heavy atom. The van der Waals surface area contributed by atoms with Gasteiger partial charge in [0, 0.05) is 11.1 Å². The van der Waals surface area contributed by atoms with E-state index >= 15 is 0 Å². The van der Waals surface area contributed by atoms with E-state index in [9.17, 15) is 4.79 Å². The molecule has 0 bridgehead atoms. The minimum atomic E-state index is -0.162. The summed E-state index contributed by atoms with van der Waals surface area (Å²) in [7, 11) is 0. The van der Waals surface area contributed by atoms with Crippen LogP contribution in [0.5, 0.6) is 0 Å².